The third-order valence-electron chi connectivity index (χ3n) is 5.48. The molecule has 0 unspecified atom stereocenters. The van der Waals surface area contributed by atoms with E-state index in [-0.39, 0.29) is 29.3 Å². The molecular formula is C23H27N3O6S. The zero-order chi connectivity index (χ0) is 24.3. The van der Waals surface area contributed by atoms with Crippen molar-refractivity contribution in [3.05, 3.63) is 53.1 Å². The summed E-state index contributed by atoms with van der Waals surface area (Å²) >= 11 is 0. The number of carbonyl (C=O) groups excluding carboxylic acids is 3. The highest BCUT2D eigenvalue weighted by Gasteiger charge is 2.35. The van der Waals surface area contributed by atoms with Crippen molar-refractivity contribution in [1.29, 1.82) is 0 Å². The van der Waals surface area contributed by atoms with Gasteiger partial charge in [-0.05, 0) is 37.3 Å². The maximum absolute atomic E-state index is 12.8. The van der Waals surface area contributed by atoms with Crippen LogP contribution in [0.5, 0.6) is 5.75 Å². The van der Waals surface area contributed by atoms with E-state index in [1.807, 2.05) is 6.92 Å². The normalized spacial score (nSPS) is 13.4. The van der Waals surface area contributed by atoms with Crippen LogP contribution in [0.4, 0.5) is 5.69 Å². The molecule has 176 valence electrons. The predicted molar refractivity (Wildman–Crippen MR) is 123 cm³/mol. The molecule has 0 bridgehead atoms. The molecule has 3 amide bonds. The highest BCUT2D eigenvalue weighted by Crippen LogP contribution is 2.29. The Kier molecular flexibility index (Phi) is 7.19. The van der Waals surface area contributed by atoms with Gasteiger partial charge in [-0.25, -0.2) is 8.42 Å². The Morgan fingerprint density at radius 3 is 2.33 bits per heavy atom. The minimum Gasteiger partial charge on any atom is -0.495 e. The van der Waals surface area contributed by atoms with Crippen LogP contribution in [0, 0.1) is 6.92 Å². The third-order valence-corrected chi connectivity index (χ3v) is 7.52. The molecule has 0 fully saturated rings. The van der Waals surface area contributed by atoms with Crippen LogP contribution in [0.25, 0.3) is 0 Å². The summed E-state index contributed by atoms with van der Waals surface area (Å²) in [6.07, 6.45) is -0.152. The Bertz CT molecular complexity index is 1200. The highest BCUT2D eigenvalue weighted by molar-refractivity contribution is 7.89. The molecule has 1 heterocycles. The van der Waals surface area contributed by atoms with Crippen LogP contribution < -0.4 is 10.1 Å². The summed E-state index contributed by atoms with van der Waals surface area (Å²) in [5.41, 5.74) is 1.70. The largest absolute Gasteiger partial charge is 0.495 e. The van der Waals surface area contributed by atoms with Crippen LogP contribution in [0.3, 0.4) is 0 Å². The molecule has 0 radical (unpaired) electrons. The fourth-order valence-corrected chi connectivity index (χ4v) is 5.18. The number of nitrogens with zero attached hydrogens (tertiary/aromatic N) is 2. The molecule has 0 aromatic heterocycles. The molecule has 33 heavy (non-hydrogen) atoms. The first kappa shape index (κ1) is 24.4. The van der Waals surface area contributed by atoms with E-state index in [1.165, 1.54) is 29.6 Å². The second kappa shape index (κ2) is 9.72. The number of methoxy groups -OCH3 is 1. The molecule has 0 saturated carbocycles. The predicted octanol–water partition coefficient (Wildman–Crippen LogP) is 2.66. The molecule has 3 rings (SSSR count). The van der Waals surface area contributed by atoms with Gasteiger partial charge in [0.15, 0.2) is 0 Å². The van der Waals surface area contributed by atoms with E-state index in [2.05, 4.69) is 5.32 Å². The maximum atomic E-state index is 12.8. The first-order chi connectivity index (χ1) is 15.6. The van der Waals surface area contributed by atoms with Gasteiger partial charge in [-0.3, -0.25) is 19.3 Å². The second-order valence-electron chi connectivity index (χ2n) is 7.56. The zero-order valence-electron chi connectivity index (χ0n) is 19.0. The number of fused-ring (bicyclic) bond motifs is 1. The van der Waals surface area contributed by atoms with Gasteiger partial charge < -0.3 is 10.1 Å². The quantitative estimate of drug-likeness (QED) is 0.560. The number of amides is 3. The van der Waals surface area contributed by atoms with Crippen molar-refractivity contribution in [2.75, 3.05) is 32.1 Å². The van der Waals surface area contributed by atoms with Crippen LogP contribution in [0.1, 0.15) is 46.5 Å². The highest BCUT2D eigenvalue weighted by atomic mass is 32.2. The number of carbonyl (C=O) groups is 3. The Morgan fingerprint density at radius 2 is 1.70 bits per heavy atom. The molecule has 0 spiro atoms. The van der Waals surface area contributed by atoms with E-state index in [1.54, 1.807) is 32.0 Å². The van der Waals surface area contributed by atoms with Crippen LogP contribution >= 0.6 is 0 Å². The van der Waals surface area contributed by atoms with Crippen LogP contribution in [-0.2, 0) is 14.8 Å². The molecule has 1 N–H and O–H groups in total. The SMILES string of the molecule is CCN(CC)S(=O)(=O)c1ccc(OC)c(NC(=O)CCN2C(=O)c3ccc(C)cc3C2=O)c1. The maximum Gasteiger partial charge on any atom is 0.261 e. The van der Waals surface area contributed by atoms with Crippen LogP contribution in [0.2, 0.25) is 0 Å². The minimum absolute atomic E-state index is 0.0259. The molecule has 1 aliphatic heterocycles. The summed E-state index contributed by atoms with van der Waals surface area (Å²) in [4.78, 5) is 38.8. The lowest BCUT2D eigenvalue weighted by atomic mass is 10.1. The van der Waals surface area contributed by atoms with Crippen LogP contribution in [0.15, 0.2) is 41.3 Å². The summed E-state index contributed by atoms with van der Waals surface area (Å²) < 4.78 is 32.2. The minimum atomic E-state index is -3.73. The zero-order valence-corrected chi connectivity index (χ0v) is 19.9. The van der Waals surface area contributed by atoms with Crippen LogP contribution in [-0.4, -0.2) is 62.1 Å². The molecule has 0 atom stereocenters. The lowest BCUT2D eigenvalue weighted by Gasteiger charge is -2.20. The Labute approximate surface area is 193 Å². The average Bonchev–Trinajstić information content (AvgIpc) is 3.01. The van der Waals surface area contributed by atoms with E-state index < -0.39 is 27.7 Å². The molecule has 0 aliphatic carbocycles. The lowest BCUT2D eigenvalue weighted by Crippen LogP contribution is -2.33. The number of anilines is 1. The Morgan fingerprint density at radius 1 is 1.03 bits per heavy atom. The van der Waals surface area contributed by atoms with E-state index in [4.69, 9.17) is 4.74 Å². The first-order valence-electron chi connectivity index (χ1n) is 10.6. The topological polar surface area (TPSA) is 113 Å². The van der Waals surface area contributed by atoms with Gasteiger partial charge in [-0.2, -0.15) is 4.31 Å². The third kappa shape index (κ3) is 4.76. The average molecular weight is 474 g/mol. The van der Waals surface area contributed by atoms with Crippen molar-refractivity contribution in [1.82, 2.24) is 9.21 Å². The van der Waals surface area contributed by atoms with E-state index in [0.29, 0.717) is 24.2 Å². The summed E-state index contributed by atoms with van der Waals surface area (Å²) in [7, 11) is -2.32. The summed E-state index contributed by atoms with van der Waals surface area (Å²) in [6, 6.07) is 9.25. The van der Waals surface area contributed by atoms with Crippen molar-refractivity contribution in [2.24, 2.45) is 0 Å². The van der Waals surface area contributed by atoms with E-state index >= 15 is 0 Å². The van der Waals surface area contributed by atoms with Gasteiger partial charge in [0.25, 0.3) is 11.8 Å². The molecule has 1 aliphatic rings. The number of nitrogens with one attached hydrogen (secondary N) is 1. The molecule has 10 heteroatoms. The summed E-state index contributed by atoms with van der Waals surface area (Å²) in [5.74, 6) is -1.07. The lowest BCUT2D eigenvalue weighted by molar-refractivity contribution is -0.116. The number of hydrogen-bond donors (Lipinski definition) is 1. The first-order valence-corrected chi connectivity index (χ1v) is 12.0. The standard InChI is InChI=1S/C23H27N3O6S/c1-5-25(6-2)33(30,31)16-8-10-20(32-4)19(14-16)24-21(27)11-12-26-22(28)17-9-7-15(3)13-18(17)23(26)29/h7-10,13-14H,5-6,11-12H2,1-4H3,(H,24,27). The second-order valence-corrected chi connectivity index (χ2v) is 9.50. The Balaban J connectivity index is 1.74. The number of ether oxygens (including phenoxy) is 1. The number of imide groups is 1. The summed E-state index contributed by atoms with van der Waals surface area (Å²) in [5, 5.41) is 2.64. The molecule has 2 aromatic rings. The summed E-state index contributed by atoms with van der Waals surface area (Å²) in [6.45, 7) is 5.84. The van der Waals surface area contributed by atoms with Crippen molar-refractivity contribution < 1.29 is 27.5 Å². The van der Waals surface area contributed by atoms with Crippen molar-refractivity contribution in [3.8, 4) is 5.75 Å². The van der Waals surface area contributed by atoms with Gasteiger partial charge >= 0.3 is 0 Å². The van der Waals surface area contributed by atoms with Gasteiger partial charge in [0.2, 0.25) is 15.9 Å². The molecule has 0 saturated heterocycles. The number of aryl methyl sites for hydroxylation is 1. The van der Waals surface area contributed by atoms with Gasteiger partial charge in [0.05, 0.1) is 28.8 Å². The van der Waals surface area contributed by atoms with Gasteiger partial charge in [0.1, 0.15) is 5.75 Å². The van der Waals surface area contributed by atoms with Crippen molar-refractivity contribution >= 4 is 33.4 Å². The molecule has 2 aromatic carbocycles. The monoisotopic (exact) mass is 473 g/mol. The fraction of sp³-hybridized carbons (Fsp3) is 0.348. The number of hydrogen-bond acceptors (Lipinski definition) is 6. The number of sulfonamides is 1. The van der Waals surface area contributed by atoms with Gasteiger partial charge in [0, 0.05) is 26.1 Å². The van der Waals surface area contributed by atoms with Crippen molar-refractivity contribution in [3.63, 3.8) is 0 Å². The number of benzene rings is 2. The smallest absolute Gasteiger partial charge is 0.261 e. The molecule has 9 nitrogen and oxygen atoms in total. The van der Waals surface area contributed by atoms with Gasteiger partial charge in [-0.15, -0.1) is 0 Å². The van der Waals surface area contributed by atoms with E-state index in [0.717, 1.165) is 10.5 Å². The van der Waals surface area contributed by atoms with Gasteiger partial charge in [-0.1, -0.05) is 25.5 Å². The Hall–Kier alpha value is -3.24. The van der Waals surface area contributed by atoms with Crippen molar-refractivity contribution in [2.45, 2.75) is 32.1 Å². The fourth-order valence-electron chi connectivity index (χ4n) is 3.69. The van der Waals surface area contributed by atoms with E-state index in [9.17, 15) is 22.8 Å². The number of rotatable bonds is 9. The molecular weight excluding hydrogens is 446 g/mol.